The number of rotatable bonds is 4. The van der Waals surface area contributed by atoms with Crippen LogP contribution in [0.15, 0.2) is 0 Å². The van der Waals surface area contributed by atoms with Gasteiger partial charge in [0.15, 0.2) is 0 Å². The summed E-state index contributed by atoms with van der Waals surface area (Å²) in [7, 11) is 0. The predicted molar refractivity (Wildman–Crippen MR) is 76.8 cm³/mol. The minimum Gasteiger partial charge on any atom is -0.311 e. The van der Waals surface area contributed by atoms with Gasteiger partial charge in [0.05, 0.1) is 0 Å². The smallest absolute Gasteiger partial charge is 0.0128 e. The van der Waals surface area contributed by atoms with Gasteiger partial charge in [-0.3, -0.25) is 4.90 Å². The number of hydrogen-bond donors (Lipinski definition) is 1. The molecule has 3 aliphatic rings. The van der Waals surface area contributed by atoms with E-state index in [9.17, 15) is 0 Å². The van der Waals surface area contributed by atoms with E-state index in [2.05, 4.69) is 24.1 Å². The van der Waals surface area contributed by atoms with Crippen molar-refractivity contribution in [3.8, 4) is 0 Å². The molecule has 0 spiro atoms. The minimum absolute atomic E-state index is 0.838. The van der Waals surface area contributed by atoms with Crippen LogP contribution in [0, 0.1) is 5.92 Å². The summed E-state index contributed by atoms with van der Waals surface area (Å²) in [5.74, 6) is 0.934. The van der Waals surface area contributed by atoms with E-state index in [0.29, 0.717) is 0 Å². The summed E-state index contributed by atoms with van der Waals surface area (Å²) >= 11 is 0. The highest BCUT2D eigenvalue weighted by molar-refractivity contribution is 4.98. The van der Waals surface area contributed by atoms with E-state index >= 15 is 0 Å². The average molecular weight is 250 g/mol. The van der Waals surface area contributed by atoms with Crippen LogP contribution in [0.4, 0.5) is 0 Å². The van der Waals surface area contributed by atoms with Crippen LogP contribution in [0.1, 0.15) is 65.2 Å². The van der Waals surface area contributed by atoms with Crippen LogP contribution in [0.2, 0.25) is 0 Å². The van der Waals surface area contributed by atoms with Crippen LogP contribution in [-0.2, 0) is 0 Å². The van der Waals surface area contributed by atoms with E-state index in [-0.39, 0.29) is 0 Å². The molecule has 0 aromatic rings. The lowest BCUT2D eigenvalue weighted by atomic mass is 9.94. The quantitative estimate of drug-likeness (QED) is 0.824. The highest BCUT2D eigenvalue weighted by Gasteiger charge is 2.39. The lowest BCUT2D eigenvalue weighted by Crippen LogP contribution is -2.52. The number of hydrogen-bond acceptors (Lipinski definition) is 2. The first kappa shape index (κ1) is 12.9. The summed E-state index contributed by atoms with van der Waals surface area (Å²) in [6.45, 7) is 6.16. The van der Waals surface area contributed by atoms with Crippen LogP contribution in [-0.4, -0.2) is 35.6 Å². The molecule has 2 saturated heterocycles. The van der Waals surface area contributed by atoms with Crippen molar-refractivity contribution in [2.45, 2.75) is 89.4 Å². The molecule has 0 aromatic heterocycles. The molecule has 104 valence electrons. The Balaban J connectivity index is 1.69. The fourth-order valence-electron chi connectivity index (χ4n) is 4.79. The van der Waals surface area contributed by atoms with E-state index in [1.165, 1.54) is 57.9 Å². The number of piperidine rings is 1. The van der Waals surface area contributed by atoms with E-state index in [1.54, 1.807) is 0 Å². The highest BCUT2D eigenvalue weighted by atomic mass is 15.2. The summed E-state index contributed by atoms with van der Waals surface area (Å²) in [6.07, 6.45) is 11.4. The number of nitrogens with one attached hydrogen (secondary N) is 1. The summed E-state index contributed by atoms with van der Waals surface area (Å²) in [5, 5.41) is 3.79. The van der Waals surface area contributed by atoms with Crippen LogP contribution in [0.5, 0.6) is 0 Å². The molecule has 1 saturated carbocycles. The van der Waals surface area contributed by atoms with Gasteiger partial charge in [-0.15, -0.1) is 0 Å². The van der Waals surface area contributed by atoms with Gasteiger partial charge in [-0.2, -0.15) is 0 Å². The Bertz CT molecular complexity index is 266. The fraction of sp³-hybridized carbons (Fsp3) is 1.00. The molecular formula is C16H30N2. The predicted octanol–water partition coefficient (Wildman–Crippen LogP) is 3.17. The minimum atomic E-state index is 0.838. The Hall–Kier alpha value is -0.0800. The second kappa shape index (κ2) is 5.50. The van der Waals surface area contributed by atoms with Crippen molar-refractivity contribution in [3.63, 3.8) is 0 Å². The maximum atomic E-state index is 3.79. The third kappa shape index (κ3) is 2.46. The van der Waals surface area contributed by atoms with Crippen LogP contribution < -0.4 is 5.32 Å². The van der Waals surface area contributed by atoms with Gasteiger partial charge in [0.25, 0.3) is 0 Å². The fourth-order valence-corrected chi connectivity index (χ4v) is 4.79. The second-order valence-corrected chi connectivity index (χ2v) is 6.98. The summed E-state index contributed by atoms with van der Waals surface area (Å²) in [5.41, 5.74) is 0. The molecule has 4 atom stereocenters. The molecule has 2 heterocycles. The summed E-state index contributed by atoms with van der Waals surface area (Å²) < 4.78 is 0. The van der Waals surface area contributed by atoms with Crippen molar-refractivity contribution in [1.29, 1.82) is 0 Å². The topological polar surface area (TPSA) is 15.3 Å². The molecule has 2 aliphatic heterocycles. The van der Waals surface area contributed by atoms with Gasteiger partial charge in [-0.1, -0.05) is 20.3 Å². The van der Waals surface area contributed by atoms with E-state index in [4.69, 9.17) is 0 Å². The third-order valence-corrected chi connectivity index (χ3v) is 5.64. The summed E-state index contributed by atoms with van der Waals surface area (Å²) in [4.78, 5) is 2.92. The zero-order chi connectivity index (χ0) is 12.5. The largest absolute Gasteiger partial charge is 0.311 e. The van der Waals surface area contributed by atoms with Crippen molar-refractivity contribution < 1.29 is 0 Å². The SMILES string of the molecule is CCCN(C1CC2CCC(C1)N2)C1CCCC1C. The lowest BCUT2D eigenvalue weighted by molar-refractivity contribution is 0.0771. The molecule has 2 heteroatoms. The van der Waals surface area contributed by atoms with Crippen LogP contribution in [0.3, 0.4) is 0 Å². The molecule has 2 nitrogen and oxygen atoms in total. The first-order valence-corrected chi connectivity index (χ1v) is 8.29. The third-order valence-electron chi connectivity index (χ3n) is 5.64. The molecule has 4 unspecified atom stereocenters. The Morgan fingerprint density at radius 2 is 1.78 bits per heavy atom. The maximum Gasteiger partial charge on any atom is 0.0128 e. The molecule has 0 amide bonds. The Kier molecular flexibility index (Phi) is 3.95. The molecule has 2 bridgehead atoms. The summed E-state index contributed by atoms with van der Waals surface area (Å²) in [6, 6.07) is 3.45. The molecule has 18 heavy (non-hydrogen) atoms. The number of fused-ring (bicyclic) bond motifs is 2. The van der Waals surface area contributed by atoms with E-state index < -0.39 is 0 Å². The van der Waals surface area contributed by atoms with Crippen LogP contribution >= 0.6 is 0 Å². The lowest BCUT2D eigenvalue weighted by Gasteiger charge is -2.42. The normalized spacial score (nSPS) is 43.8. The van der Waals surface area contributed by atoms with Gasteiger partial charge in [-0.05, 0) is 57.4 Å². The van der Waals surface area contributed by atoms with Gasteiger partial charge < -0.3 is 5.32 Å². The van der Waals surface area contributed by atoms with Gasteiger partial charge in [0, 0.05) is 24.2 Å². The molecule has 1 aliphatic carbocycles. The van der Waals surface area contributed by atoms with Crippen molar-refractivity contribution in [2.75, 3.05) is 6.54 Å². The molecule has 0 aromatic carbocycles. The Morgan fingerprint density at radius 1 is 1.06 bits per heavy atom. The number of nitrogens with zero attached hydrogens (tertiary/aromatic N) is 1. The van der Waals surface area contributed by atoms with Crippen molar-refractivity contribution >= 4 is 0 Å². The maximum absolute atomic E-state index is 3.79. The van der Waals surface area contributed by atoms with Gasteiger partial charge >= 0.3 is 0 Å². The molecule has 0 radical (unpaired) electrons. The Morgan fingerprint density at radius 3 is 2.33 bits per heavy atom. The van der Waals surface area contributed by atoms with Crippen LogP contribution in [0.25, 0.3) is 0 Å². The molecule has 3 fully saturated rings. The Labute approximate surface area is 113 Å². The van der Waals surface area contributed by atoms with Crippen molar-refractivity contribution in [2.24, 2.45) is 5.92 Å². The van der Waals surface area contributed by atoms with Crippen molar-refractivity contribution in [3.05, 3.63) is 0 Å². The van der Waals surface area contributed by atoms with E-state index in [0.717, 1.165) is 30.1 Å². The first-order chi connectivity index (χ1) is 8.78. The molecular weight excluding hydrogens is 220 g/mol. The zero-order valence-corrected chi connectivity index (χ0v) is 12.2. The highest BCUT2D eigenvalue weighted by Crippen LogP contribution is 2.36. The zero-order valence-electron chi connectivity index (χ0n) is 12.2. The molecule has 3 rings (SSSR count). The van der Waals surface area contributed by atoms with Gasteiger partial charge in [-0.25, -0.2) is 0 Å². The first-order valence-electron chi connectivity index (χ1n) is 8.29. The average Bonchev–Trinajstić information content (AvgIpc) is 2.93. The van der Waals surface area contributed by atoms with Crippen molar-refractivity contribution in [1.82, 2.24) is 10.2 Å². The van der Waals surface area contributed by atoms with E-state index in [1.807, 2.05) is 0 Å². The van der Waals surface area contributed by atoms with Gasteiger partial charge in [0.1, 0.15) is 0 Å². The van der Waals surface area contributed by atoms with Gasteiger partial charge in [0.2, 0.25) is 0 Å². The molecule has 1 N–H and O–H groups in total. The second-order valence-electron chi connectivity index (χ2n) is 6.98. The standard InChI is InChI=1S/C16H30N2/c1-3-9-18(16-6-4-5-12(16)2)15-10-13-7-8-14(11-15)17-13/h12-17H,3-11H2,1-2H3. The monoisotopic (exact) mass is 250 g/mol.